The zero-order chi connectivity index (χ0) is 16.1. The molecule has 2 aromatic carbocycles. The summed E-state index contributed by atoms with van der Waals surface area (Å²) in [5, 5.41) is 2.42. The fourth-order valence-corrected chi connectivity index (χ4v) is 4.05. The average molecular weight is 319 g/mol. The molecule has 0 spiro atoms. The van der Waals surface area contributed by atoms with Gasteiger partial charge in [-0.15, -0.1) is 0 Å². The van der Waals surface area contributed by atoms with Crippen molar-refractivity contribution in [3.05, 3.63) is 71.8 Å². The van der Waals surface area contributed by atoms with Crippen molar-refractivity contribution in [3.8, 4) is 0 Å². The van der Waals surface area contributed by atoms with Crippen molar-refractivity contribution >= 4 is 7.60 Å². The quantitative estimate of drug-likeness (QED) is 0.779. The number of rotatable bonds is 7. The van der Waals surface area contributed by atoms with Gasteiger partial charge in [0.2, 0.25) is 0 Å². The van der Waals surface area contributed by atoms with E-state index in [4.69, 9.17) is 9.05 Å². The maximum atomic E-state index is 13.1. The van der Waals surface area contributed by atoms with Crippen LogP contribution in [0.1, 0.15) is 18.1 Å². The van der Waals surface area contributed by atoms with Crippen molar-refractivity contribution in [3.63, 3.8) is 0 Å². The predicted octanol–water partition coefficient (Wildman–Crippen LogP) is 4.14. The Morgan fingerprint density at radius 1 is 0.955 bits per heavy atom. The smallest absolute Gasteiger partial charge is 0.310 e. The predicted molar refractivity (Wildman–Crippen MR) is 88.7 cm³/mol. The molecular formula is C17H22NO3P. The molecule has 1 unspecified atom stereocenters. The topological polar surface area (TPSA) is 47.6 Å². The Balaban J connectivity index is 2.36. The van der Waals surface area contributed by atoms with Crippen LogP contribution in [0.2, 0.25) is 0 Å². The van der Waals surface area contributed by atoms with Gasteiger partial charge < -0.3 is 9.05 Å². The molecule has 0 radical (unpaired) electrons. The second-order valence-corrected chi connectivity index (χ2v) is 7.76. The van der Waals surface area contributed by atoms with Gasteiger partial charge in [-0.05, 0) is 18.1 Å². The summed E-state index contributed by atoms with van der Waals surface area (Å²) in [6, 6.07) is 19.5. The van der Waals surface area contributed by atoms with Crippen LogP contribution in [-0.2, 0) is 25.4 Å². The second kappa shape index (κ2) is 7.21. The maximum absolute atomic E-state index is 13.1. The Hall–Kier alpha value is -1.45. The summed E-state index contributed by atoms with van der Waals surface area (Å²) in [6.45, 7) is 2.40. The molecule has 118 valence electrons. The van der Waals surface area contributed by atoms with Crippen molar-refractivity contribution in [1.29, 1.82) is 0 Å². The molecule has 2 rings (SSSR count). The Morgan fingerprint density at radius 2 is 1.45 bits per heavy atom. The molecule has 0 saturated carbocycles. The van der Waals surface area contributed by atoms with Crippen LogP contribution < -0.4 is 5.32 Å². The van der Waals surface area contributed by atoms with Gasteiger partial charge in [0.15, 0.2) is 0 Å². The summed E-state index contributed by atoms with van der Waals surface area (Å²) in [4.78, 5) is 0. The van der Waals surface area contributed by atoms with Gasteiger partial charge in [0, 0.05) is 20.8 Å². The molecule has 0 bridgehead atoms. The van der Waals surface area contributed by atoms with Crippen molar-refractivity contribution in [2.24, 2.45) is 0 Å². The highest BCUT2D eigenvalue weighted by molar-refractivity contribution is 7.55. The Kier molecular flexibility index (Phi) is 5.54. The summed E-state index contributed by atoms with van der Waals surface area (Å²) in [5.41, 5.74) is 1.96. The Labute approximate surface area is 132 Å². The van der Waals surface area contributed by atoms with Crippen LogP contribution in [0.25, 0.3) is 0 Å². The third kappa shape index (κ3) is 3.31. The lowest BCUT2D eigenvalue weighted by Crippen LogP contribution is -2.39. The normalized spacial score (nSPS) is 14.5. The van der Waals surface area contributed by atoms with E-state index in [1.165, 1.54) is 14.2 Å². The molecule has 2 aromatic rings. The highest BCUT2D eigenvalue weighted by Crippen LogP contribution is 2.62. The summed E-state index contributed by atoms with van der Waals surface area (Å²) < 4.78 is 23.6. The molecule has 0 aliphatic heterocycles. The second-order valence-electron chi connectivity index (χ2n) is 5.14. The van der Waals surface area contributed by atoms with E-state index in [0.29, 0.717) is 6.54 Å². The van der Waals surface area contributed by atoms with Crippen molar-refractivity contribution in [1.82, 2.24) is 5.32 Å². The van der Waals surface area contributed by atoms with E-state index >= 15 is 0 Å². The maximum Gasteiger partial charge on any atom is 0.354 e. The highest BCUT2D eigenvalue weighted by atomic mass is 31.2. The number of benzene rings is 2. The van der Waals surface area contributed by atoms with E-state index in [1.54, 1.807) is 0 Å². The molecule has 0 aliphatic rings. The number of hydrogen-bond donors (Lipinski definition) is 1. The molecule has 22 heavy (non-hydrogen) atoms. The molecule has 0 heterocycles. The van der Waals surface area contributed by atoms with Crippen molar-refractivity contribution in [2.45, 2.75) is 18.7 Å². The van der Waals surface area contributed by atoms with E-state index in [0.717, 1.165) is 11.1 Å². The molecule has 1 N–H and O–H groups in total. The molecular weight excluding hydrogens is 297 g/mol. The zero-order valence-corrected chi connectivity index (χ0v) is 14.0. The standard InChI is InChI=1S/C17H22NO3P/c1-17(22(19,20-2)21-3,16-12-8-5-9-13-16)18-14-15-10-6-4-7-11-15/h4-13,18H,14H2,1-3H3. The minimum absolute atomic E-state index is 0.558. The summed E-state index contributed by atoms with van der Waals surface area (Å²) in [5.74, 6) is 0. The minimum atomic E-state index is -3.37. The van der Waals surface area contributed by atoms with E-state index < -0.39 is 12.9 Å². The summed E-state index contributed by atoms with van der Waals surface area (Å²) >= 11 is 0. The van der Waals surface area contributed by atoms with Crippen LogP contribution in [-0.4, -0.2) is 14.2 Å². The van der Waals surface area contributed by atoms with Gasteiger partial charge in [0.1, 0.15) is 5.28 Å². The van der Waals surface area contributed by atoms with E-state index in [-0.39, 0.29) is 0 Å². The lowest BCUT2D eigenvalue weighted by atomic mass is 10.1. The van der Waals surface area contributed by atoms with Gasteiger partial charge in [-0.25, -0.2) is 0 Å². The molecule has 4 nitrogen and oxygen atoms in total. The van der Waals surface area contributed by atoms with E-state index in [1.807, 2.05) is 67.6 Å². The largest absolute Gasteiger partial charge is 0.354 e. The Morgan fingerprint density at radius 3 is 1.95 bits per heavy atom. The first-order valence-corrected chi connectivity index (χ1v) is 8.66. The van der Waals surface area contributed by atoms with Crippen LogP contribution in [0.15, 0.2) is 60.7 Å². The fourth-order valence-electron chi connectivity index (χ4n) is 2.43. The van der Waals surface area contributed by atoms with Gasteiger partial charge >= 0.3 is 7.60 Å². The van der Waals surface area contributed by atoms with E-state index in [2.05, 4.69) is 5.32 Å². The average Bonchev–Trinajstić information content (AvgIpc) is 2.60. The first-order chi connectivity index (χ1) is 10.6. The molecule has 1 atom stereocenters. The number of hydrogen-bond acceptors (Lipinski definition) is 4. The van der Waals surface area contributed by atoms with Gasteiger partial charge in [-0.1, -0.05) is 60.7 Å². The molecule has 0 amide bonds. The molecule has 0 fully saturated rings. The highest BCUT2D eigenvalue weighted by Gasteiger charge is 2.47. The lowest BCUT2D eigenvalue weighted by molar-refractivity contribution is 0.234. The SMILES string of the molecule is COP(=O)(OC)C(C)(NCc1ccccc1)c1ccccc1. The Bertz CT molecular complexity index is 625. The lowest BCUT2D eigenvalue weighted by Gasteiger charge is -2.36. The van der Waals surface area contributed by atoms with Gasteiger partial charge in [-0.2, -0.15) is 0 Å². The number of nitrogens with one attached hydrogen (secondary N) is 1. The van der Waals surface area contributed by atoms with E-state index in [9.17, 15) is 4.57 Å². The minimum Gasteiger partial charge on any atom is -0.310 e. The van der Waals surface area contributed by atoms with Gasteiger partial charge in [-0.3, -0.25) is 9.88 Å². The van der Waals surface area contributed by atoms with Crippen LogP contribution in [0.3, 0.4) is 0 Å². The molecule has 5 heteroatoms. The molecule has 0 aromatic heterocycles. The summed E-state index contributed by atoms with van der Waals surface area (Å²) in [6.07, 6.45) is 0. The first kappa shape index (κ1) is 16.9. The third-order valence-electron chi connectivity index (χ3n) is 3.84. The van der Waals surface area contributed by atoms with Crippen LogP contribution in [0, 0.1) is 0 Å². The van der Waals surface area contributed by atoms with Crippen LogP contribution in [0.5, 0.6) is 0 Å². The fraction of sp³-hybridized carbons (Fsp3) is 0.294. The first-order valence-electron chi connectivity index (χ1n) is 7.12. The summed E-state index contributed by atoms with van der Waals surface area (Å²) in [7, 11) is -0.548. The van der Waals surface area contributed by atoms with Crippen molar-refractivity contribution < 1.29 is 13.6 Å². The zero-order valence-electron chi connectivity index (χ0n) is 13.2. The van der Waals surface area contributed by atoms with Gasteiger partial charge in [0.05, 0.1) is 0 Å². The monoisotopic (exact) mass is 319 g/mol. The third-order valence-corrected chi connectivity index (χ3v) is 6.32. The van der Waals surface area contributed by atoms with Gasteiger partial charge in [0.25, 0.3) is 0 Å². The van der Waals surface area contributed by atoms with Crippen LogP contribution in [0.4, 0.5) is 0 Å². The van der Waals surface area contributed by atoms with Crippen molar-refractivity contribution in [2.75, 3.05) is 14.2 Å². The molecule has 0 aliphatic carbocycles. The molecule has 0 saturated heterocycles. The van der Waals surface area contributed by atoms with Crippen LogP contribution >= 0.6 is 7.60 Å².